The molecule has 8 nitrogen and oxygen atoms in total. The Balaban J connectivity index is 1.97. The van der Waals surface area contributed by atoms with Crippen LogP contribution in [-0.2, 0) is 18.5 Å². The Morgan fingerprint density at radius 2 is 0.863 bits per heavy atom. The van der Waals surface area contributed by atoms with Crippen LogP contribution in [0.2, 0.25) is 0 Å². The molecule has 2 aliphatic heterocycles. The van der Waals surface area contributed by atoms with Gasteiger partial charge in [0.15, 0.2) is 0 Å². The van der Waals surface area contributed by atoms with Gasteiger partial charge in [0.2, 0.25) is 0 Å². The first-order valence-electron chi connectivity index (χ1n) is 13.7. The summed E-state index contributed by atoms with van der Waals surface area (Å²) in [6.07, 6.45) is -15.6. The lowest BCUT2D eigenvalue weighted by Crippen LogP contribution is -2.14. The van der Waals surface area contributed by atoms with Crippen molar-refractivity contribution < 1.29 is 39.5 Å². The molecule has 0 atom stereocenters. The van der Waals surface area contributed by atoms with E-state index in [0.717, 1.165) is 6.07 Å². The molecule has 0 N–H and O–H groups in total. The van der Waals surface area contributed by atoms with Crippen molar-refractivity contribution in [3.05, 3.63) is 103 Å². The summed E-state index contributed by atoms with van der Waals surface area (Å²) < 4.78 is 124. The van der Waals surface area contributed by atoms with Gasteiger partial charge in [0.1, 0.15) is 53.1 Å². The molecule has 17 heteroatoms. The van der Waals surface area contributed by atoms with Crippen molar-refractivity contribution in [3.8, 4) is 36.4 Å². The molecule has 248 valence electrons. The highest BCUT2D eigenvalue weighted by atomic mass is 19.4. The lowest BCUT2D eigenvalue weighted by atomic mass is 9.83. The van der Waals surface area contributed by atoms with Gasteiger partial charge in [-0.25, -0.2) is 9.98 Å². The van der Waals surface area contributed by atoms with Gasteiger partial charge in [0, 0.05) is 33.4 Å². The molecule has 0 aromatic heterocycles. The van der Waals surface area contributed by atoms with Crippen LogP contribution < -0.4 is 0 Å². The Kier molecular flexibility index (Phi) is 8.29. The highest BCUT2D eigenvalue weighted by molar-refractivity contribution is 6.41. The third kappa shape index (κ3) is 5.80. The van der Waals surface area contributed by atoms with Gasteiger partial charge in [0.05, 0.1) is 45.1 Å². The van der Waals surface area contributed by atoms with Gasteiger partial charge in [-0.05, 0) is 48.9 Å². The van der Waals surface area contributed by atoms with E-state index in [4.69, 9.17) is 0 Å². The Bertz CT molecular complexity index is 2440. The average molecular weight is 700 g/mol. The molecule has 3 aromatic rings. The molecule has 0 radical (unpaired) electrons. The second-order valence-electron chi connectivity index (χ2n) is 10.7. The third-order valence-corrected chi connectivity index (χ3v) is 7.58. The smallest absolute Gasteiger partial charge is 0.246 e. The molecule has 2 heterocycles. The van der Waals surface area contributed by atoms with Crippen LogP contribution in [-0.4, -0.2) is 11.4 Å². The molecule has 0 spiro atoms. The van der Waals surface area contributed by atoms with Gasteiger partial charge in [-0.2, -0.15) is 71.1 Å². The fraction of sp³-hybridized carbons (Fsp3) is 0.118. The van der Waals surface area contributed by atoms with Crippen molar-refractivity contribution in [2.75, 3.05) is 0 Å². The van der Waals surface area contributed by atoms with E-state index in [1.807, 2.05) is 0 Å². The van der Waals surface area contributed by atoms with Gasteiger partial charge >= 0.3 is 18.5 Å². The lowest BCUT2D eigenvalue weighted by Gasteiger charge is -2.16. The number of hydrogen-bond acceptors (Lipinski definition) is 8. The van der Waals surface area contributed by atoms with Crippen LogP contribution in [0.25, 0.3) is 11.1 Å². The van der Waals surface area contributed by atoms with E-state index in [9.17, 15) is 71.1 Å². The summed E-state index contributed by atoms with van der Waals surface area (Å²) in [5.74, 6) is 0. The largest absolute Gasteiger partial charge is 0.416 e. The summed E-state index contributed by atoms with van der Waals surface area (Å²) in [7, 11) is 0. The molecule has 0 fully saturated rings. The summed E-state index contributed by atoms with van der Waals surface area (Å²) in [5, 5.41) is 60.2. The normalized spacial score (nSPS) is 13.3. The molecule has 0 bridgehead atoms. The van der Waals surface area contributed by atoms with Crippen LogP contribution in [0, 0.1) is 74.9 Å². The van der Waals surface area contributed by atoms with Gasteiger partial charge in [-0.15, -0.1) is 0 Å². The van der Waals surface area contributed by atoms with E-state index in [1.165, 1.54) is 25.1 Å². The molecule has 5 rings (SSSR count). The summed E-state index contributed by atoms with van der Waals surface area (Å²) in [5.41, 5.74) is -14.0. The van der Waals surface area contributed by atoms with Crippen molar-refractivity contribution in [1.82, 2.24) is 0 Å². The zero-order chi connectivity index (χ0) is 37.8. The van der Waals surface area contributed by atoms with E-state index in [2.05, 4.69) is 9.98 Å². The first-order chi connectivity index (χ1) is 23.8. The Morgan fingerprint density at radius 3 is 1.20 bits per heavy atom. The second kappa shape index (κ2) is 12.0. The van der Waals surface area contributed by atoms with Crippen molar-refractivity contribution in [3.63, 3.8) is 0 Å². The van der Waals surface area contributed by atoms with E-state index in [-0.39, 0.29) is 29.3 Å². The van der Waals surface area contributed by atoms with Gasteiger partial charge in [0.25, 0.3) is 0 Å². The minimum atomic E-state index is -5.34. The standard InChI is InChI=1S/C34H9F9N8/c1-14-2-15(4-19(3-14)32(35,36)37)28-24(17(8-44)9-45)26-22(12-48)27-25(18(10-46)11-47)29(51-31(27)23(13-49)30(26)50-28)16-5-20(33(38,39)40)7-21(6-16)34(41,42)43/h2-7H,1H3. The third-order valence-electron chi connectivity index (χ3n) is 7.58. The number of halogens is 9. The second-order valence-corrected chi connectivity index (χ2v) is 10.7. The number of alkyl halides is 9. The Hall–Kier alpha value is -7.21. The number of hydrogen-bond donors (Lipinski definition) is 0. The quantitative estimate of drug-likeness (QED) is 0.191. The Morgan fingerprint density at radius 1 is 0.510 bits per heavy atom. The fourth-order valence-corrected chi connectivity index (χ4v) is 5.58. The molecule has 2 aliphatic rings. The minimum absolute atomic E-state index is 0.0447. The van der Waals surface area contributed by atoms with Gasteiger partial charge in [-0.3, -0.25) is 0 Å². The summed E-state index contributed by atoms with van der Waals surface area (Å²) in [6.45, 7) is 1.30. The van der Waals surface area contributed by atoms with Crippen molar-refractivity contribution in [2.45, 2.75) is 25.5 Å². The summed E-state index contributed by atoms with van der Waals surface area (Å²) in [6, 6.07) is 12.3. The number of nitriles is 6. The monoisotopic (exact) mass is 700 g/mol. The number of aryl methyl sites for hydroxylation is 1. The SMILES string of the molecule is Cc1cc(C2=Nc3c(C#N)c4c(c(C#N)c3C2=C(C#N)C#N)C(=C(C#N)C#N)C(c2cc(C(F)(F)F)cc(C(F)(F)F)c2)=N4)cc(C(F)(F)F)c1. The van der Waals surface area contributed by atoms with E-state index in [0.29, 0.717) is 6.07 Å². The topological polar surface area (TPSA) is 167 Å². The minimum Gasteiger partial charge on any atom is -0.246 e. The maximum atomic E-state index is 13.8. The van der Waals surface area contributed by atoms with Crippen LogP contribution in [0.5, 0.6) is 0 Å². The molecular weight excluding hydrogens is 691 g/mol. The van der Waals surface area contributed by atoms with Crippen LogP contribution in [0.1, 0.15) is 55.6 Å². The predicted octanol–water partition coefficient (Wildman–Crippen LogP) is 8.67. The zero-order valence-electron chi connectivity index (χ0n) is 24.9. The van der Waals surface area contributed by atoms with Crippen molar-refractivity contribution in [2.24, 2.45) is 9.98 Å². The highest BCUT2D eigenvalue weighted by Crippen LogP contribution is 2.54. The molecule has 0 saturated heterocycles. The van der Waals surface area contributed by atoms with Gasteiger partial charge in [-0.1, -0.05) is 0 Å². The van der Waals surface area contributed by atoms with Crippen molar-refractivity contribution >= 4 is 33.9 Å². The highest BCUT2D eigenvalue weighted by Gasteiger charge is 2.42. The molecule has 3 aromatic carbocycles. The maximum Gasteiger partial charge on any atom is 0.416 e. The zero-order valence-corrected chi connectivity index (χ0v) is 24.9. The van der Waals surface area contributed by atoms with Gasteiger partial charge < -0.3 is 0 Å². The Labute approximate surface area is 280 Å². The summed E-state index contributed by atoms with van der Waals surface area (Å²) in [4.78, 5) is 8.32. The summed E-state index contributed by atoms with van der Waals surface area (Å²) >= 11 is 0. The van der Waals surface area contributed by atoms with E-state index >= 15 is 0 Å². The number of nitrogens with zero attached hydrogens (tertiary/aromatic N) is 8. The predicted molar refractivity (Wildman–Crippen MR) is 157 cm³/mol. The van der Waals surface area contributed by atoms with E-state index in [1.54, 1.807) is 24.3 Å². The molecule has 0 unspecified atom stereocenters. The molecular formula is C34H9F9N8. The number of rotatable bonds is 2. The first kappa shape index (κ1) is 35.1. The van der Waals surface area contributed by atoms with Crippen LogP contribution >= 0.6 is 0 Å². The van der Waals surface area contributed by atoms with Crippen LogP contribution in [0.15, 0.2) is 57.5 Å². The van der Waals surface area contributed by atoms with E-state index < -0.39 is 108 Å². The average Bonchev–Trinajstić information content (AvgIpc) is 3.63. The van der Waals surface area contributed by atoms with Crippen LogP contribution in [0.3, 0.4) is 0 Å². The van der Waals surface area contributed by atoms with Crippen molar-refractivity contribution in [1.29, 1.82) is 31.6 Å². The number of benzene rings is 3. The number of fused-ring (bicyclic) bond motifs is 2. The molecule has 0 amide bonds. The lowest BCUT2D eigenvalue weighted by molar-refractivity contribution is -0.143. The number of allylic oxidation sites excluding steroid dienone is 4. The first-order valence-corrected chi connectivity index (χ1v) is 13.7. The molecule has 0 aliphatic carbocycles. The fourth-order valence-electron chi connectivity index (χ4n) is 5.58. The molecule has 0 saturated carbocycles. The number of aliphatic imine (C=N–C) groups is 2. The molecule has 51 heavy (non-hydrogen) atoms. The van der Waals surface area contributed by atoms with Crippen LogP contribution in [0.4, 0.5) is 50.9 Å². The maximum absolute atomic E-state index is 13.8.